The third-order valence-corrected chi connectivity index (χ3v) is 3.86. The maximum absolute atomic E-state index is 4.51. The normalized spacial score (nSPS) is 11.2. The summed E-state index contributed by atoms with van der Waals surface area (Å²) in [4.78, 5) is 4.51. The molecule has 0 aliphatic rings. The Balaban J connectivity index is 1.82. The Morgan fingerprint density at radius 2 is 1.60 bits per heavy atom. The molecule has 0 saturated heterocycles. The first kappa shape index (κ1) is 16.9. The van der Waals surface area contributed by atoms with Crippen molar-refractivity contribution < 1.29 is 0 Å². The number of hydrogen-bond acceptors (Lipinski definition) is 5. The van der Waals surface area contributed by atoms with Crippen molar-refractivity contribution in [1.82, 2.24) is 15.2 Å². The van der Waals surface area contributed by atoms with E-state index in [-0.39, 0.29) is 5.41 Å². The van der Waals surface area contributed by atoms with Gasteiger partial charge in [-0.2, -0.15) is 10.1 Å². The minimum absolute atomic E-state index is 0.0226. The van der Waals surface area contributed by atoms with E-state index < -0.39 is 0 Å². The van der Waals surface area contributed by atoms with Crippen LogP contribution in [0.4, 0.5) is 23.1 Å². The number of rotatable bonds is 4. The highest BCUT2D eigenvalue weighted by Gasteiger charge is 2.18. The van der Waals surface area contributed by atoms with Crippen LogP contribution in [0.15, 0.2) is 54.7 Å². The summed E-state index contributed by atoms with van der Waals surface area (Å²) in [5, 5.41) is 14.7. The largest absolute Gasteiger partial charge is 0.339 e. The fraction of sp³-hybridized carbons (Fsp3) is 0.250. The lowest BCUT2D eigenvalue weighted by Crippen LogP contribution is -2.14. The molecule has 128 valence electrons. The van der Waals surface area contributed by atoms with Gasteiger partial charge in [-0.25, -0.2) is 0 Å². The zero-order valence-electron chi connectivity index (χ0n) is 15.0. The third-order valence-electron chi connectivity index (χ3n) is 3.86. The second-order valence-electron chi connectivity index (χ2n) is 7.08. The van der Waals surface area contributed by atoms with Crippen molar-refractivity contribution in [3.8, 4) is 0 Å². The lowest BCUT2D eigenvalue weighted by molar-refractivity contribution is 0.592. The average molecular weight is 333 g/mol. The fourth-order valence-corrected chi connectivity index (χ4v) is 2.57. The Labute approximate surface area is 148 Å². The molecule has 0 bridgehead atoms. The number of nitrogens with one attached hydrogen (secondary N) is 2. The van der Waals surface area contributed by atoms with Crippen LogP contribution in [0.25, 0.3) is 0 Å². The number of hydrogen-bond donors (Lipinski definition) is 2. The molecule has 0 atom stereocenters. The Morgan fingerprint density at radius 3 is 2.32 bits per heavy atom. The number of nitrogens with zero attached hydrogens (tertiary/aromatic N) is 3. The van der Waals surface area contributed by atoms with E-state index in [1.54, 1.807) is 6.20 Å². The van der Waals surface area contributed by atoms with Gasteiger partial charge in [0.25, 0.3) is 0 Å². The van der Waals surface area contributed by atoms with E-state index in [1.165, 1.54) is 11.1 Å². The van der Waals surface area contributed by atoms with E-state index in [9.17, 15) is 0 Å². The minimum Gasteiger partial charge on any atom is -0.339 e. The smallest absolute Gasteiger partial charge is 0.249 e. The Morgan fingerprint density at radius 1 is 0.880 bits per heavy atom. The average Bonchev–Trinajstić information content (AvgIpc) is 2.57. The number of aromatic nitrogens is 3. The molecule has 0 aliphatic carbocycles. The Hall–Kier alpha value is -2.95. The molecule has 0 fully saturated rings. The zero-order chi connectivity index (χ0) is 17.9. The first-order valence-electron chi connectivity index (χ1n) is 8.32. The van der Waals surface area contributed by atoms with Crippen LogP contribution in [0.2, 0.25) is 0 Å². The van der Waals surface area contributed by atoms with Crippen LogP contribution in [0, 0.1) is 6.92 Å². The first-order chi connectivity index (χ1) is 11.9. The maximum atomic E-state index is 4.51. The van der Waals surface area contributed by atoms with Crippen molar-refractivity contribution in [3.63, 3.8) is 0 Å². The molecule has 0 radical (unpaired) electrons. The molecule has 5 heteroatoms. The molecule has 3 rings (SSSR count). The minimum atomic E-state index is 0.0226. The van der Waals surface area contributed by atoms with Gasteiger partial charge >= 0.3 is 0 Å². The van der Waals surface area contributed by atoms with Crippen LogP contribution in [-0.2, 0) is 5.41 Å². The molecule has 25 heavy (non-hydrogen) atoms. The van der Waals surface area contributed by atoms with Crippen molar-refractivity contribution in [3.05, 3.63) is 65.9 Å². The lowest BCUT2D eigenvalue weighted by atomic mass is 9.86. The molecule has 2 N–H and O–H groups in total. The Kier molecular flexibility index (Phi) is 4.65. The monoisotopic (exact) mass is 333 g/mol. The quantitative estimate of drug-likeness (QED) is 0.706. The molecule has 1 aromatic heterocycles. The van der Waals surface area contributed by atoms with Gasteiger partial charge < -0.3 is 10.6 Å². The van der Waals surface area contributed by atoms with Crippen LogP contribution < -0.4 is 10.6 Å². The third kappa shape index (κ3) is 4.32. The summed E-state index contributed by atoms with van der Waals surface area (Å²) in [6, 6.07) is 16.3. The van der Waals surface area contributed by atoms with Gasteiger partial charge in [-0.1, -0.05) is 56.7 Å². The van der Waals surface area contributed by atoms with Crippen molar-refractivity contribution in [2.75, 3.05) is 10.6 Å². The van der Waals surface area contributed by atoms with Gasteiger partial charge in [0.2, 0.25) is 5.95 Å². The summed E-state index contributed by atoms with van der Waals surface area (Å²) in [5.41, 5.74) is 4.40. The van der Waals surface area contributed by atoms with Gasteiger partial charge in [0.15, 0.2) is 5.82 Å². The molecular formula is C20H23N5. The molecule has 0 amide bonds. The number of aryl methyl sites for hydroxylation is 1. The highest BCUT2D eigenvalue weighted by molar-refractivity contribution is 5.62. The van der Waals surface area contributed by atoms with E-state index in [4.69, 9.17) is 0 Å². The van der Waals surface area contributed by atoms with Crippen LogP contribution >= 0.6 is 0 Å². The number of benzene rings is 2. The number of anilines is 4. The second kappa shape index (κ2) is 6.89. The van der Waals surface area contributed by atoms with Crippen molar-refractivity contribution in [2.24, 2.45) is 0 Å². The molecule has 0 unspecified atom stereocenters. The zero-order valence-corrected chi connectivity index (χ0v) is 15.0. The van der Waals surface area contributed by atoms with E-state index >= 15 is 0 Å². The van der Waals surface area contributed by atoms with E-state index in [0.29, 0.717) is 11.8 Å². The molecule has 0 spiro atoms. The molecule has 0 saturated carbocycles. The molecule has 5 nitrogen and oxygen atoms in total. The van der Waals surface area contributed by atoms with Gasteiger partial charge in [0.05, 0.1) is 6.20 Å². The first-order valence-corrected chi connectivity index (χ1v) is 8.32. The molecule has 3 aromatic rings. The van der Waals surface area contributed by atoms with E-state index in [1.807, 2.05) is 30.3 Å². The summed E-state index contributed by atoms with van der Waals surface area (Å²) in [6.45, 7) is 8.61. The van der Waals surface area contributed by atoms with E-state index in [2.05, 4.69) is 71.7 Å². The van der Waals surface area contributed by atoms with Crippen molar-refractivity contribution in [1.29, 1.82) is 0 Å². The van der Waals surface area contributed by atoms with Crippen molar-refractivity contribution >= 4 is 23.1 Å². The van der Waals surface area contributed by atoms with Crippen LogP contribution in [0.5, 0.6) is 0 Å². The summed E-state index contributed by atoms with van der Waals surface area (Å²) in [7, 11) is 0. The topological polar surface area (TPSA) is 62.7 Å². The highest BCUT2D eigenvalue weighted by Crippen LogP contribution is 2.30. The second-order valence-corrected chi connectivity index (χ2v) is 7.08. The number of para-hydroxylation sites is 1. The summed E-state index contributed by atoms with van der Waals surface area (Å²) in [6.07, 6.45) is 1.61. The predicted octanol–water partition coefficient (Wildman–Crippen LogP) is 4.96. The highest BCUT2D eigenvalue weighted by atomic mass is 15.3. The van der Waals surface area contributed by atoms with Crippen LogP contribution in [0.3, 0.4) is 0 Å². The lowest BCUT2D eigenvalue weighted by Gasteiger charge is -2.22. The van der Waals surface area contributed by atoms with Crippen molar-refractivity contribution in [2.45, 2.75) is 33.1 Å². The Bertz CT molecular complexity index is 850. The van der Waals surface area contributed by atoms with Gasteiger partial charge in [-0.05, 0) is 36.1 Å². The van der Waals surface area contributed by atoms with Crippen LogP contribution in [-0.4, -0.2) is 15.2 Å². The summed E-state index contributed by atoms with van der Waals surface area (Å²) >= 11 is 0. The van der Waals surface area contributed by atoms with Gasteiger partial charge in [-0.3, -0.25) is 0 Å². The predicted molar refractivity (Wildman–Crippen MR) is 103 cm³/mol. The van der Waals surface area contributed by atoms with Gasteiger partial charge in [0, 0.05) is 11.4 Å². The summed E-state index contributed by atoms with van der Waals surface area (Å²) in [5.74, 6) is 1.11. The van der Waals surface area contributed by atoms with E-state index in [0.717, 1.165) is 11.4 Å². The molecule has 1 heterocycles. The van der Waals surface area contributed by atoms with Crippen LogP contribution in [0.1, 0.15) is 31.9 Å². The molecule has 0 aliphatic heterocycles. The SMILES string of the molecule is Cc1ccc(Nc2cnnc(Nc3ccccc3C(C)(C)C)n2)cc1. The van der Waals surface area contributed by atoms with Gasteiger partial charge in [0.1, 0.15) is 0 Å². The summed E-state index contributed by atoms with van der Waals surface area (Å²) < 4.78 is 0. The molecule has 2 aromatic carbocycles. The van der Waals surface area contributed by atoms with Gasteiger partial charge in [-0.15, -0.1) is 5.10 Å². The standard InChI is InChI=1S/C20H23N5/c1-14-9-11-15(12-10-14)22-18-13-21-25-19(24-18)23-17-8-6-5-7-16(17)20(2,3)4/h5-13H,1-4H3,(H2,22,23,24,25). The fourth-order valence-electron chi connectivity index (χ4n) is 2.57. The maximum Gasteiger partial charge on any atom is 0.249 e. The molecular weight excluding hydrogens is 310 g/mol.